The highest BCUT2D eigenvalue weighted by molar-refractivity contribution is 5.97. The number of fused-ring (bicyclic) bond motifs is 1. The highest BCUT2D eigenvalue weighted by Crippen LogP contribution is 2.20. The molecular formula is C48H69N17O8. The molecule has 5 amide bonds. The van der Waals surface area contributed by atoms with Gasteiger partial charge in [0, 0.05) is 62.5 Å². The lowest BCUT2D eigenvalue weighted by molar-refractivity contribution is -0.142. The summed E-state index contributed by atoms with van der Waals surface area (Å²) in [5, 5.41) is 34.3. The number of aromatic nitrogens is 1. The number of carboxylic acid groups (broad SMARTS) is 1. The normalized spacial score (nSPS) is 13.4. The first-order valence-electron chi connectivity index (χ1n) is 23.6. The number of amides is 5. The number of nitrogens with one attached hydrogen (secondary N) is 6. The van der Waals surface area contributed by atoms with Crippen LogP contribution in [-0.2, 0) is 54.6 Å². The first kappa shape index (κ1) is 57.1. The smallest absolute Gasteiger partial charge is 0.326 e. The fourth-order valence-electron chi connectivity index (χ4n) is 7.61. The van der Waals surface area contributed by atoms with Crippen LogP contribution >= 0.6 is 0 Å². The van der Waals surface area contributed by atoms with E-state index in [4.69, 9.17) is 45.9 Å². The van der Waals surface area contributed by atoms with Crippen LogP contribution in [0, 0.1) is 0 Å². The number of aliphatic imine (C=N–C) groups is 3. The van der Waals surface area contributed by atoms with Gasteiger partial charge in [-0.3, -0.25) is 38.9 Å². The molecule has 1 aromatic heterocycles. The molecule has 3 aromatic carbocycles. The van der Waals surface area contributed by atoms with Gasteiger partial charge in [0.15, 0.2) is 17.9 Å². The van der Waals surface area contributed by atoms with Crippen LogP contribution in [-0.4, -0.2) is 124 Å². The number of carboxylic acids is 1. The Labute approximate surface area is 421 Å². The van der Waals surface area contributed by atoms with Gasteiger partial charge in [-0.05, 0) is 79.0 Å². The van der Waals surface area contributed by atoms with Crippen molar-refractivity contribution in [3.8, 4) is 5.75 Å². The highest BCUT2D eigenvalue weighted by atomic mass is 16.4. The number of carbonyl (C=O) groups excluding carboxylic acids is 5. The number of benzene rings is 3. The lowest BCUT2D eigenvalue weighted by atomic mass is 10.00. The number of phenolic OH excluding ortho intramolecular Hbond substituents is 1. The molecule has 73 heavy (non-hydrogen) atoms. The first-order chi connectivity index (χ1) is 34.8. The van der Waals surface area contributed by atoms with Gasteiger partial charge in [0.05, 0.1) is 6.04 Å². The lowest BCUT2D eigenvalue weighted by Crippen LogP contribution is -2.60. The van der Waals surface area contributed by atoms with Crippen molar-refractivity contribution in [1.29, 1.82) is 0 Å². The van der Waals surface area contributed by atoms with E-state index >= 15 is 0 Å². The van der Waals surface area contributed by atoms with Crippen LogP contribution in [0.1, 0.15) is 60.8 Å². The van der Waals surface area contributed by atoms with Gasteiger partial charge in [-0.25, -0.2) is 4.79 Å². The van der Waals surface area contributed by atoms with Gasteiger partial charge in [-0.2, -0.15) is 0 Å². The molecule has 25 nitrogen and oxygen atoms in total. The maximum absolute atomic E-state index is 14.7. The Balaban J connectivity index is 1.68. The Hall–Kier alpha value is -8.45. The van der Waals surface area contributed by atoms with Crippen LogP contribution in [0.5, 0.6) is 5.75 Å². The van der Waals surface area contributed by atoms with Crippen LogP contribution in [0.4, 0.5) is 0 Å². The number of hydrogen-bond donors (Lipinski definition) is 16. The summed E-state index contributed by atoms with van der Waals surface area (Å²) in [7, 11) is 0. The summed E-state index contributed by atoms with van der Waals surface area (Å²) in [5.74, 6) is -5.83. The standard InChI is InChI=1S/C48H69N17O8/c49-25-29-13-11-27(12-14-29)22-38(64-43(70)37(23-28-15-17-31(66)18-16-28)63-40(67)33(50)7-3-19-57-46(51)52)42(69)61-35(9-4-20-58-47(53)54)41(68)65-39(24-30-26-60-34-8-2-1-6-32(30)34)44(71)62-36(45(72)73)10-5-21-59-48(55)56/h1-2,6,8,11-18,26,33,35-39,60,66H,3-5,7,9-10,19-25,49-50H2,(H,61,69)(H,62,71)(H,63,67)(H,64,70)(H,65,68)(H,72,73)(H4,51,52,57)(H4,53,54,58)(H4,55,56,59)/t33-,35-,36-,37-,38-,39-/m0/s1. The maximum Gasteiger partial charge on any atom is 0.326 e. The van der Waals surface area contributed by atoms with Crippen molar-refractivity contribution in [1.82, 2.24) is 31.6 Å². The second-order valence-electron chi connectivity index (χ2n) is 17.3. The molecule has 394 valence electrons. The molecule has 0 fully saturated rings. The third-order valence-electron chi connectivity index (χ3n) is 11.5. The topological polar surface area (TPSA) is 464 Å². The minimum absolute atomic E-state index is 0.0313. The number of aromatic amines is 1. The van der Waals surface area contributed by atoms with Gasteiger partial charge in [0.1, 0.15) is 36.0 Å². The number of H-pyrrole nitrogens is 1. The summed E-state index contributed by atoms with van der Waals surface area (Å²) in [6.07, 6.45) is 2.10. The van der Waals surface area contributed by atoms with Gasteiger partial charge in [0.2, 0.25) is 29.5 Å². The molecule has 0 aliphatic rings. The van der Waals surface area contributed by atoms with E-state index in [1.807, 2.05) is 18.2 Å². The molecular weight excluding hydrogens is 943 g/mol. The quantitative estimate of drug-likeness (QED) is 0.0144. The summed E-state index contributed by atoms with van der Waals surface area (Å²) in [6, 6.07) is 12.2. The Morgan fingerprint density at radius 1 is 0.521 bits per heavy atom. The Bertz CT molecular complexity index is 2560. The largest absolute Gasteiger partial charge is 0.508 e. The molecule has 24 N–H and O–H groups in total. The van der Waals surface area contributed by atoms with Crippen molar-refractivity contribution in [2.24, 2.45) is 60.8 Å². The van der Waals surface area contributed by atoms with Crippen molar-refractivity contribution in [2.45, 2.75) is 101 Å². The summed E-state index contributed by atoms with van der Waals surface area (Å²) >= 11 is 0. The summed E-state index contributed by atoms with van der Waals surface area (Å²) in [6.45, 7) is 0.597. The Kier molecular flexibility index (Phi) is 22.7. The van der Waals surface area contributed by atoms with Crippen molar-refractivity contribution in [2.75, 3.05) is 19.6 Å². The Morgan fingerprint density at radius 2 is 0.932 bits per heavy atom. The predicted octanol–water partition coefficient (Wildman–Crippen LogP) is -2.64. The molecule has 1 heterocycles. The first-order valence-corrected chi connectivity index (χ1v) is 23.6. The van der Waals surface area contributed by atoms with Gasteiger partial charge >= 0.3 is 5.97 Å². The van der Waals surface area contributed by atoms with E-state index in [1.54, 1.807) is 48.7 Å². The SMILES string of the molecule is NCc1ccc(C[C@H](NC(=O)[C@H](Cc2ccc(O)cc2)NC(=O)[C@@H](N)CCCN=C(N)N)C(=O)N[C@@H](CCCN=C(N)N)C(=O)N[C@@H](Cc2c[nH]c3ccccc23)C(=O)N[C@@H](CCCN=C(N)N)C(=O)O)cc1. The number of nitrogens with zero attached hydrogens (tertiary/aromatic N) is 3. The van der Waals surface area contributed by atoms with Crippen molar-refractivity contribution >= 4 is 64.3 Å². The molecule has 0 spiro atoms. The van der Waals surface area contributed by atoms with Gasteiger partial charge in [-0.15, -0.1) is 0 Å². The summed E-state index contributed by atoms with van der Waals surface area (Å²) in [5.41, 5.74) is 48.2. The molecule has 0 saturated carbocycles. The van der Waals surface area contributed by atoms with Crippen LogP contribution in [0.25, 0.3) is 10.9 Å². The molecule has 4 aromatic rings. The molecule has 4 rings (SSSR count). The van der Waals surface area contributed by atoms with Gasteiger partial charge in [-0.1, -0.05) is 54.6 Å². The number of nitrogens with two attached hydrogens (primary N) is 8. The van der Waals surface area contributed by atoms with E-state index in [1.165, 1.54) is 12.1 Å². The average Bonchev–Trinajstić information content (AvgIpc) is 3.76. The predicted molar refractivity (Wildman–Crippen MR) is 277 cm³/mol. The minimum Gasteiger partial charge on any atom is -0.508 e. The number of guanidine groups is 3. The molecule has 0 bridgehead atoms. The molecule has 25 heteroatoms. The fourth-order valence-corrected chi connectivity index (χ4v) is 7.61. The molecule has 0 aliphatic heterocycles. The molecule has 0 aliphatic carbocycles. The second-order valence-corrected chi connectivity index (χ2v) is 17.3. The van der Waals surface area contributed by atoms with Crippen molar-refractivity contribution < 1.29 is 39.0 Å². The molecule has 6 atom stereocenters. The number of carbonyl (C=O) groups is 6. The van der Waals surface area contributed by atoms with E-state index in [9.17, 15) is 39.0 Å². The van der Waals surface area contributed by atoms with E-state index in [0.717, 1.165) is 16.5 Å². The zero-order chi connectivity index (χ0) is 53.5. The van der Waals surface area contributed by atoms with Gasteiger partial charge < -0.3 is 87.7 Å². The zero-order valence-corrected chi connectivity index (χ0v) is 40.5. The average molecular weight is 1010 g/mol. The van der Waals surface area contributed by atoms with Crippen LogP contribution in [0.3, 0.4) is 0 Å². The van der Waals surface area contributed by atoms with Crippen LogP contribution in [0.2, 0.25) is 0 Å². The summed E-state index contributed by atoms with van der Waals surface area (Å²) < 4.78 is 0. The third kappa shape index (κ3) is 19.7. The van der Waals surface area contributed by atoms with Crippen molar-refractivity contribution in [3.63, 3.8) is 0 Å². The minimum atomic E-state index is -1.39. The maximum atomic E-state index is 14.7. The number of hydrogen-bond acceptors (Lipinski definition) is 12. The molecule has 0 unspecified atom stereocenters. The van der Waals surface area contributed by atoms with Crippen molar-refractivity contribution in [3.05, 3.63) is 101 Å². The number of phenols is 1. The van der Waals surface area contributed by atoms with E-state index in [2.05, 4.69) is 46.5 Å². The van der Waals surface area contributed by atoms with E-state index in [-0.39, 0.29) is 101 Å². The van der Waals surface area contributed by atoms with Crippen LogP contribution < -0.4 is 72.5 Å². The Morgan fingerprint density at radius 3 is 1.44 bits per heavy atom. The number of para-hydroxylation sites is 1. The van der Waals surface area contributed by atoms with E-state index < -0.39 is 71.8 Å². The molecule has 0 radical (unpaired) electrons. The third-order valence-corrected chi connectivity index (χ3v) is 11.5. The fraction of sp³-hybridized carbons (Fsp3) is 0.396. The highest BCUT2D eigenvalue weighted by Gasteiger charge is 2.34. The second kappa shape index (κ2) is 29.0. The number of aliphatic carboxylic acids is 1. The number of aromatic hydroxyl groups is 1. The zero-order valence-electron chi connectivity index (χ0n) is 40.5. The van der Waals surface area contributed by atoms with Crippen LogP contribution in [0.15, 0.2) is 94.0 Å². The van der Waals surface area contributed by atoms with E-state index in [0.29, 0.717) is 23.1 Å². The number of rotatable bonds is 30. The lowest BCUT2D eigenvalue weighted by Gasteiger charge is -2.27. The monoisotopic (exact) mass is 1010 g/mol. The van der Waals surface area contributed by atoms with Gasteiger partial charge in [0.25, 0.3) is 0 Å². The summed E-state index contributed by atoms with van der Waals surface area (Å²) in [4.78, 5) is 98.6. The molecule has 0 saturated heterocycles.